The van der Waals surface area contributed by atoms with E-state index in [1.165, 1.54) is 4.90 Å². The van der Waals surface area contributed by atoms with Crippen molar-refractivity contribution in [2.75, 3.05) is 12.0 Å². The summed E-state index contributed by atoms with van der Waals surface area (Å²) in [5.41, 5.74) is 5.67. The van der Waals surface area contributed by atoms with Gasteiger partial charge in [-0.25, -0.2) is 0 Å². The number of carbonyl (C=O) groups excluding carboxylic acids is 2. The quantitative estimate of drug-likeness (QED) is 0.268. The lowest BCUT2D eigenvalue weighted by Crippen LogP contribution is -2.29. The second kappa shape index (κ2) is 9.41. The number of Topliss-reactive ketones (excluding diaryl/α,β-unsaturated/α-hetero) is 1. The first-order valence-electron chi connectivity index (χ1n) is 11.8. The Morgan fingerprint density at radius 2 is 1.60 bits per heavy atom. The molecule has 1 aliphatic rings. The molecule has 1 aliphatic heterocycles. The first kappa shape index (κ1) is 24.3. The largest absolute Gasteiger partial charge is 0.507 e. The number of aliphatic hydroxyl groups is 1. The van der Waals surface area contributed by atoms with Gasteiger partial charge in [-0.3, -0.25) is 14.5 Å². The van der Waals surface area contributed by atoms with Gasteiger partial charge in [-0.15, -0.1) is 0 Å². The number of methoxy groups -OCH3 is 1. The molecule has 1 saturated heterocycles. The van der Waals surface area contributed by atoms with Crippen molar-refractivity contribution < 1.29 is 19.4 Å². The average molecular weight is 470 g/mol. The molecule has 3 aromatic rings. The van der Waals surface area contributed by atoms with Crippen LogP contribution < -0.4 is 9.64 Å². The highest BCUT2D eigenvalue weighted by atomic mass is 16.5. The number of hydrogen-bond donors (Lipinski definition) is 1. The molecular formula is C30H31NO4. The van der Waals surface area contributed by atoms with Crippen molar-refractivity contribution in [1.82, 2.24) is 0 Å². The van der Waals surface area contributed by atoms with E-state index in [0.29, 0.717) is 11.3 Å². The lowest BCUT2D eigenvalue weighted by atomic mass is 9.89. The average Bonchev–Trinajstić information content (AvgIpc) is 3.09. The van der Waals surface area contributed by atoms with Crippen molar-refractivity contribution in [2.45, 2.75) is 46.6 Å². The molecule has 0 bridgehead atoms. The van der Waals surface area contributed by atoms with Crippen LogP contribution in [0.25, 0.3) is 5.76 Å². The maximum Gasteiger partial charge on any atom is 0.300 e. The smallest absolute Gasteiger partial charge is 0.300 e. The Labute approximate surface area is 206 Å². The highest BCUT2D eigenvalue weighted by Crippen LogP contribution is 2.44. The number of rotatable bonds is 5. The van der Waals surface area contributed by atoms with Crippen LogP contribution in [-0.2, 0) is 9.59 Å². The summed E-state index contributed by atoms with van der Waals surface area (Å²) in [4.78, 5) is 28.4. The summed E-state index contributed by atoms with van der Waals surface area (Å²) in [6, 6.07) is 18.1. The van der Waals surface area contributed by atoms with Crippen molar-refractivity contribution in [1.29, 1.82) is 0 Å². The van der Waals surface area contributed by atoms with Crippen LogP contribution >= 0.6 is 0 Å². The fourth-order valence-electron chi connectivity index (χ4n) is 4.72. The van der Waals surface area contributed by atoms with Gasteiger partial charge < -0.3 is 9.84 Å². The maximum absolute atomic E-state index is 13.5. The van der Waals surface area contributed by atoms with Gasteiger partial charge in [0, 0.05) is 11.3 Å². The molecule has 3 aromatic carbocycles. The van der Waals surface area contributed by atoms with Gasteiger partial charge in [0.1, 0.15) is 11.5 Å². The summed E-state index contributed by atoms with van der Waals surface area (Å²) in [5.74, 6) is -0.659. The van der Waals surface area contributed by atoms with Crippen molar-refractivity contribution in [2.24, 2.45) is 0 Å². The highest BCUT2D eigenvalue weighted by molar-refractivity contribution is 6.51. The maximum atomic E-state index is 13.5. The van der Waals surface area contributed by atoms with Crippen molar-refractivity contribution in [3.05, 3.63) is 99.6 Å². The molecule has 35 heavy (non-hydrogen) atoms. The van der Waals surface area contributed by atoms with Crippen LogP contribution in [0.2, 0.25) is 0 Å². The standard InChI is InChI=1S/C30H31NO4/c1-17(2)23-16-24(20(5)15-25(23)35-6)28(32)26-27(22-10-8-7-9-19(22)4)31(30(34)29(26)33)21-13-11-18(3)12-14-21/h7-17,27,32H,1-6H3/b28-26+. The molecule has 4 rings (SSSR count). The van der Waals surface area contributed by atoms with Crippen LogP contribution in [0, 0.1) is 20.8 Å². The molecule has 180 valence electrons. The summed E-state index contributed by atoms with van der Waals surface area (Å²) >= 11 is 0. The number of ketones is 1. The second-order valence-corrected chi connectivity index (χ2v) is 9.43. The Morgan fingerprint density at radius 3 is 2.20 bits per heavy atom. The molecule has 0 spiro atoms. The van der Waals surface area contributed by atoms with Crippen LogP contribution in [0.4, 0.5) is 5.69 Å². The SMILES string of the molecule is COc1cc(C)c(/C(O)=C2\C(=O)C(=O)N(c3ccc(C)cc3)C2c2ccccc2C)cc1C(C)C. The molecule has 1 unspecified atom stereocenters. The van der Waals surface area contributed by atoms with Gasteiger partial charge >= 0.3 is 0 Å². The zero-order valence-corrected chi connectivity index (χ0v) is 21.0. The minimum absolute atomic E-state index is 0.0906. The van der Waals surface area contributed by atoms with Crippen LogP contribution in [-0.4, -0.2) is 23.9 Å². The summed E-state index contributed by atoms with van der Waals surface area (Å²) in [5, 5.41) is 11.6. The van der Waals surface area contributed by atoms with Crippen molar-refractivity contribution in [3.8, 4) is 5.75 Å². The van der Waals surface area contributed by atoms with Crippen molar-refractivity contribution >= 4 is 23.1 Å². The summed E-state index contributed by atoms with van der Waals surface area (Å²) < 4.78 is 5.55. The highest BCUT2D eigenvalue weighted by Gasteiger charge is 2.47. The number of anilines is 1. The van der Waals surface area contributed by atoms with Gasteiger partial charge in [0.25, 0.3) is 11.7 Å². The molecular weight excluding hydrogens is 438 g/mol. The Kier molecular flexibility index (Phi) is 6.53. The zero-order valence-electron chi connectivity index (χ0n) is 21.0. The molecule has 0 saturated carbocycles. The first-order chi connectivity index (χ1) is 16.6. The van der Waals surface area contributed by atoms with Crippen molar-refractivity contribution in [3.63, 3.8) is 0 Å². The molecule has 1 fully saturated rings. The minimum Gasteiger partial charge on any atom is -0.507 e. The van der Waals surface area contributed by atoms with E-state index >= 15 is 0 Å². The number of benzene rings is 3. The Balaban J connectivity index is 2.00. The molecule has 0 radical (unpaired) electrons. The number of aryl methyl sites for hydroxylation is 3. The zero-order chi connectivity index (χ0) is 25.4. The third-order valence-electron chi connectivity index (χ3n) is 6.69. The summed E-state index contributed by atoms with van der Waals surface area (Å²) in [6.07, 6.45) is 0. The number of ether oxygens (including phenoxy) is 1. The van der Waals surface area contributed by atoms with Gasteiger partial charge in [0.2, 0.25) is 0 Å². The Morgan fingerprint density at radius 1 is 0.943 bits per heavy atom. The van der Waals surface area contributed by atoms with E-state index in [4.69, 9.17) is 4.74 Å². The molecule has 1 heterocycles. The number of carbonyl (C=O) groups is 2. The van der Waals surface area contributed by atoms with E-state index in [-0.39, 0.29) is 17.3 Å². The van der Waals surface area contributed by atoms with Gasteiger partial charge in [0.15, 0.2) is 0 Å². The Hall–Kier alpha value is -3.86. The summed E-state index contributed by atoms with van der Waals surface area (Å²) in [6.45, 7) is 9.86. The lowest BCUT2D eigenvalue weighted by molar-refractivity contribution is -0.132. The van der Waals surface area contributed by atoms with E-state index in [2.05, 4.69) is 0 Å². The fraction of sp³-hybridized carbons (Fsp3) is 0.267. The number of hydrogen-bond acceptors (Lipinski definition) is 4. The van der Waals surface area contributed by atoms with Crippen LogP contribution in [0.15, 0.2) is 66.2 Å². The molecule has 5 nitrogen and oxygen atoms in total. The molecule has 1 amide bonds. The van der Waals surface area contributed by atoms with Gasteiger partial charge in [-0.1, -0.05) is 55.8 Å². The van der Waals surface area contributed by atoms with Crippen LogP contribution in [0.3, 0.4) is 0 Å². The van der Waals surface area contributed by atoms with Gasteiger partial charge in [0.05, 0.1) is 18.7 Å². The molecule has 0 aliphatic carbocycles. The first-order valence-corrected chi connectivity index (χ1v) is 11.8. The number of aliphatic hydroxyl groups excluding tert-OH is 1. The van der Waals surface area contributed by atoms with E-state index in [1.807, 2.05) is 95.3 Å². The van der Waals surface area contributed by atoms with E-state index in [1.54, 1.807) is 7.11 Å². The fourth-order valence-corrected chi connectivity index (χ4v) is 4.72. The van der Waals surface area contributed by atoms with Crippen LogP contribution in [0.5, 0.6) is 5.75 Å². The lowest BCUT2D eigenvalue weighted by Gasteiger charge is -2.27. The van der Waals surface area contributed by atoms with Gasteiger partial charge in [-0.05, 0) is 73.2 Å². The molecule has 0 aromatic heterocycles. The Bertz CT molecular complexity index is 1330. The minimum atomic E-state index is -0.747. The monoisotopic (exact) mass is 469 g/mol. The topological polar surface area (TPSA) is 66.8 Å². The van der Waals surface area contributed by atoms with E-state index in [9.17, 15) is 14.7 Å². The second-order valence-electron chi connectivity index (χ2n) is 9.43. The third-order valence-corrected chi connectivity index (χ3v) is 6.69. The normalized spacial score (nSPS) is 17.3. The number of amides is 1. The van der Waals surface area contributed by atoms with E-state index in [0.717, 1.165) is 33.6 Å². The molecule has 1 atom stereocenters. The molecule has 5 heteroatoms. The predicted octanol–water partition coefficient (Wildman–Crippen LogP) is 6.37. The van der Waals surface area contributed by atoms with Gasteiger partial charge in [-0.2, -0.15) is 0 Å². The third kappa shape index (κ3) is 4.23. The van der Waals surface area contributed by atoms with E-state index < -0.39 is 17.7 Å². The number of nitrogens with zero attached hydrogens (tertiary/aromatic N) is 1. The van der Waals surface area contributed by atoms with Crippen LogP contribution in [0.1, 0.15) is 59.2 Å². The predicted molar refractivity (Wildman–Crippen MR) is 139 cm³/mol. The summed E-state index contributed by atoms with van der Waals surface area (Å²) in [7, 11) is 1.62. The molecule has 1 N–H and O–H groups in total.